The highest BCUT2D eigenvalue weighted by molar-refractivity contribution is 5.82. The van der Waals surface area contributed by atoms with Gasteiger partial charge in [0, 0.05) is 25.1 Å². The largest absolute Gasteiger partial charge is 0.475 e. The minimum atomic E-state index is 0.457. The van der Waals surface area contributed by atoms with Crippen molar-refractivity contribution >= 4 is 10.9 Å². The Labute approximate surface area is 118 Å². The molecule has 0 amide bonds. The Morgan fingerprint density at radius 3 is 2.70 bits per heavy atom. The number of hydrogen-bond acceptors (Lipinski definition) is 5. The number of ether oxygens (including phenoxy) is 3. The molecule has 0 saturated heterocycles. The van der Waals surface area contributed by atoms with Crippen molar-refractivity contribution < 1.29 is 14.2 Å². The second kappa shape index (κ2) is 7.79. The van der Waals surface area contributed by atoms with Gasteiger partial charge in [0.15, 0.2) is 0 Å². The van der Waals surface area contributed by atoms with Gasteiger partial charge in [-0.3, -0.25) is 0 Å². The van der Waals surface area contributed by atoms with E-state index in [2.05, 4.69) is 4.98 Å². The fourth-order valence-corrected chi connectivity index (χ4v) is 1.91. The van der Waals surface area contributed by atoms with E-state index in [9.17, 15) is 0 Å². The van der Waals surface area contributed by atoms with Crippen LogP contribution in [0.3, 0.4) is 0 Å². The molecule has 0 aliphatic rings. The normalized spacial score (nSPS) is 10.9. The molecule has 2 N–H and O–H groups in total. The molecule has 0 spiro atoms. The van der Waals surface area contributed by atoms with Gasteiger partial charge in [-0.25, -0.2) is 4.98 Å². The van der Waals surface area contributed by atoms with E-state index >= 15 is 0 Å². The highest BCUT2D eigenvalue weighted by atomic mass is 16.5. The standard InChI is InChI=1S/C15H20N2O3/c1-18-6-7-19-8-9-20-15-10-12(11-16)13-4-2-3-5-14(13)17-15/h2-5,10H,6-9,11,16H2,1H3. The van der Waals surface area contributed by atoms with Crippen molar-refractivity contribution in [2.75, 3.05) is 33.5 Å². The third kappa shape index (κ3) is 3.90. The van der Waals surface area contributed by atoms with E-state index in [1.54, 1.807) is 7.11 Å². The summed E-state index contributed by atoms with van der Waals surface area (Å²) < 4.78 is 15.8. The van der Waals surface area contributed by atoms with Gasteiger partial charge in [0.2, 0.25) is 5.88 Å². The Hall–Kier alpha value is -1.69. The van der Waals surface area contributed by atoms with Gasteiger partial charge < -0.3 is 19.9 Å². The summed E-state index contributed by atoms with van der Waals surface area (Å²) in [5.41, 5.74) is 7.70. The van der Waals surface area contributed by atoms with Crippen LogP contribution in [0.5, 0.6) is 5.88 Å². The molecule has 0 aliphatic heterocycles. The molecule has 0 bridgehead atoms. The van der Waals surface area contributed by atoms with Gasteiger partial charge in [0.25, 0.3) is 0 Å². The van der Waals surface area contributed by atoms with Crippen LogP contribution in [0.25, 0.3) is 10.9 Å². The summed E-state index contributed by atoms with van der Waals surface area (Å²) in [7, 11) is 1.65. The molecule has 108 valence electrons. The molecule has 0 radical (unpaired) electrons. The van der Waals surface area contributed by atoms with E-state index in [1.807, 2.05) is 30.3 Å². The molecule has 1 aromatic heterocycles. The number of nitrogens with zero attached hydrogens (tertiary/aromatic N) is 1. The maximum absolute atomic E-state index is 5.77. The highest BCUT2D eigenvalue weighted by Gasteiger charge is 2.05. The Balaban J connectivity index is 1.96. The Morgan fingerprint density at radius 1 is 1.10 bits per heavy atom. The minimum absolute atomic E-state index is 0.457. The Morgan fingerprint density at radius 2 is 1.90 bits per heavy atom. The van der Waals surface area contributed by atoms with Gasteiger partial charge in [-0.1, -0.05) is 18.2 Å². The van der Waals surface area contributed by atoms with Crippen molar-refractivity contribution in [3.05, 3.63) is 35.9 Å². The SMILES string of the molecule is COCCOCCOc1cc(CN)c2ccccc2n1. The maximum Gasteiger partial charge on any atom is 0.214 e. The van der Waals surface area contributed by atoms with Crippen molar-refractivity contribution in [2.24, 2.45) is 5.73 Å². The molecule has 0 aliphatic carbocycles. The molecule has 2 rings (SSSR count). The summed E-state index contributed by atoms with van der Waals surface area (Å²) in [6, 6.07) is 9.79. The molecule has 5 nitrogen and oxygen atoms in total. The van der Waals surface area contributed by atoms with Crippen LogP contribution in [0.15, 0.2) is 30.3 Å². The van der Waals surface area contributed by atoms with Gasteiger partial charge in [-0.15, -0.1) is 0 Å². The molecule has 0 unspecified atom stereocenters. The highest BCUT2D eigenvalue weighted by Crippen LogP contribution is 2.21. The van der Waals surface area contributed by atoms with Crippen LogP contribution in [0.1, 0.15) is 5.56 Å². The predicted molar refractivity (Wildman–Crippen MR) is 77.8 cm³/mol. The second-order valence-corrected chi connectivity index (χ2v) is 4.29. The van der Waals surface area contributed by atoms with Crippen molar-refractivity contribution in [3.8, 4) is 5.88 Å². The number of rotatable bonds is 8. The van der Waals surface area contributed by atoms with Gasteiger partial charge in [-0.05, 0) is 11.6 Å². The number of para-hydroxylation sites is 1. The zero-order valence-electron chi connectivity index (χ0n) is 11.7. The van der Waals surface area contributed by atoms with Crippen LogP contribution in [0.2, 0.25) is 0 Å². The van der Waals surface area contributed by atoms with Crippen molar-refractivity contribution in [1.29, 1.82) is 0 Å². The van der Waals surface area contributed by atoms with E-state index in [0.29, 0.717) is 38.9 Å². The quantitative estimate of drug-likeness (QED) is 0.744. The smallest absolute Gasteiger partial charge is 0.214 e. The molecule has 0 fully saturated rings. The second-order valence-electron chi connectivity index (χ2n) is 4.29. The van der Waals surface area contributed by atoms with Gasteiger partial charge in [-0.2, -0.15) is 0 Å². The average molecular weight is 276 g/mol. The first kappa shape index (κ1) is 14.7. The summed E-state index contributed by atoms with van der Waals surface area (Å²) in [4.78, 5) is 4.46. The number of nitrogens with two attached hydrogens (primary N) is 1. The number of hydrogen-bond donors (Lipinski definition) is 1. The van der Waals surface area contributed by atoms with Gasteiger partial charge in [0.1, 0.15) is 6.61 Å². The lowest BCUT2D eigenvalue weighted by Crippen LogP contribution is -2.11. The van der Waals surface area contributed by atoms with E-state index in [1.165, 1.54) is 0 Å². The van der Waals surface area contributed by atoms with Crippen molar-refractivity contribution in [3.63, 3.8) is 0 Å². The lowest BCUT2D eigenvalue weighted by Gasteiger charge is -2.10. The fraction of sp³-hybridized carbons (Fsp3) is 0.400. The Kier molecular flexibility index (Phi) is 5.73. The number of fused-ring (bicyclic) bond motifs is 1. The summed E-state index contributed by atoms with van der Waals surface area (Å²) in [5, 5.41) is 1.07. The van der Waals surface area contributed by atoms with Crippen LogP contribution in [-0.2, 0) is 16.0 Å². The summed E-state index contributed by atoms with van der Waals surface area (Å²) in [5.74, 6) is 0.583. The monoisotopic (exact) mass is 276 g/mol. The Bertz CT molecular complexity index is 546. The van der Waals surface area contributed by atoms with Crippen LogP contribution >= 0.6 is 0 Å². The average Bonchev–Trinajstić information content (AvgIpc) is 2.50. The first-order valence-corrected chi connectivity index (χ1v) is 6.63. The first-order chi connectivity index (χ1) is 9.85. The van der Waals surface area contributed by atoms with E-state index in [4.69, 9.17) is 19.9 Å². The van der Waals surface area contributed by atoms with Crippen LogP contribution < -0.4 is 10.5 Å². The third-order valence-electron chi connectivity index (χ3n) is 2.91. The lowest BCUT2D eigenvalue weighted by molar-refractivity contribution is 0.0537. The third-order valence-corrected chi connectivity index (χ3v) is 2.91. The molecule has 20 heavy (non-hydrogen) atoms. The molecular weight excluding hydrogens is 256 g/mol. The number of aromatic nitrogens is 1. The molecule has 0 atom stereocenters. The van der Waals surface area contributed by atoms with Crippen LogP contribution in [0, 0.1) is 0 Å². The molecule has 1 aromatic carbocycles. The lowest BCUT2D eigenvalue weighted by atomic mass is 10.1. The van der Waals surface area contributed by atoms with Crippen LogP contribution in [-0.4, -0.2) is 38.5 Å². The van der Waals surface area contributed by atoms with Crippen molar-refractivity contribution in [1.82, 2.24) is 4.98 Å². The fourth-order valence-electron chi connectivity index (χ4n) is 1.91. The topological polar surface area (TPSA) is 66.6 Å². The zero-order valence-corrected chi connectivity index (χ0v) is 11.7. The van der Waals surface area contributed by atoms with Crippen LogP contribution in [0.4, 0.5) is 0 Å². The summed E-state index contributed by atoms with van der Waals surface area (Å²) in [6.45, 7) is 2.59. The molecule has 1 heterocycles. The van der Waals surface area contributed by atoms with E-state index < -0.39 is 0 Å². The van der Waals surface area contributed by atoms with Gasteiger partial charge >= 0.3 is 0 Å². The van der Waals surface area contributed by atoms with Crippen molar-refractivity contribution in [2.45, 2.75) is 6.54 Å². The predicted octanol–water partition coefficient (Wildman–Crippen LogP) is 1.74. The number of methoxy groups -OCH3 is 1. The zero-order chi connectivity index (χ0) is 14.2. The minimum Gasteiger partial charge on any atom is -0.475 e. The summed E-state index contributed by atoms with van der Waals surface area (Å²) >= 11 is 0. The molecule has 2 aromatic rings. The molecule has 5 heteroatoms. The summed E-state index contributed by atoms with van der Waals surface area (Å²) in [6.07, 6.45) is 0. The molecule has 0 saturated carbocycles. The first-order valence-electron chi connectivity index (χ1n) is 6.63. The number of pyridine rings is 1. The van der Waals surface area contributed by atoms with E-state index in [0.717, 1.165) is 16.5 Å². The number of benzene rings is 1. The maximum atomic E-state index is 5.77. The van der Waals surface area contributed by atoms with E-state index in [-0.39, 0.29) is 0 Å². The van der Waals surface area contributed by atoms with Gasteiger partial charge in [0.05, 0.1) is 25.3 Å². The molecular formula is C15H20N2O3.